The average molecular weight is 382 g/mol. The maximum atomic E-state index is 11.2. The highest BCUT2D eigenvalue weighted by molar-refractivity contribution is 5.91. The van der Waals surface area contributed by atoms with Crippen LogP contribution in [0.25, 0.3) is 16.6 Å². The minimum Gasteiger partial charge on any atom is -0.497 e. The largest absolute Gasteiger partial charge is 0.497 e. The number of rotatable bonds is 3. The first-order valence-corrected chi connectivity index (χ1v) is 9.01. The Kier molecular flexibility index (Phi) is 4.42. The van der Waals surface area contributed by atoms with E-state index in [0.29, 0.717) is 25.5 Å². The second-order valence-electron chi connectivity index (χ2n) is 6.82. The molecule has 3 aromatic rings. The van der Waals surface area contributed by atoms with E-state index in [2.05, 4.69) is 15.0 Å². The molecule has 1 fully saturated rings. The fraction of sp³-hybridized carbons (Fsp3) is 0.316. The summed E-state index contributed by atoms with van der Waals surface area (Å²) in [6, 6.07) is 9.47. The van der Waals surface area contributed by atoms with Gasteiger partial charge in [0.2, 0.25) is 0 Å². The molecular weight excluding hydrogens is 360 g/mol. The number of fused-ring (bicyclic) bond motifs is 1. The van der Waals surface area contributed by atoms with Gasteiger partial charge in [-0.1, -0.05) is 0 Å². The fourth-order valence-electron chi connectivity index (χ4n) is 3.61. The zero-order valence-corrected chi connectivity index (χ0v) is 15.7. The molecule has 4 rings (SSSR count). The number of piperazine rings is 1. The molecule has 1 atom stereocenters. The van der Waals surface area contributed by atoms with Crippen LogP contribution in [0.5, 0.6) is 5.75 Å². The van der Waals surface area contributed by atoms with Gasteiger partial charge in [0, 0.05) is 49.4 Å². The zero-order chi connectivity index (χ0) is 19.8. The molecule has 1 saturated heterocycles. The maximum absolute atomic E-state index is 11.2. The monoisotopic (exact) mass is 382 g/mol. The van der Waals surface area contributed by atoms with Crippen LogP contribution in [0, 0.1) is 0 Å². The molecule has 0 unspecified atom stereocenters. The van der Waals surface area contributed by atoms with Crippen LogP contribution in [0.4, 0.5) is 16.4 Å². The standard InChI is InChI=1S/C19H22N6O3/c1-12-11-23(19(26)27)7-8-24(12)17-9-13(5-6-21-17)25-16-10-14(28-2)3-4-15(16)18(20)22-25/h3-6,9-10,12H,7-8,11H2,1-2H3,(H2,20,22)(H,26,27)/t12-/m0/s1. The summed E-state index contributed by atoms with van der Waals surface area (Å²) in [5.41, 5.74) is 7.76. The molecule has 1 amide bonds. The van der Waals surface area contributed by atoms with Crippen LogP contribution in [0.15, 0.2) is 36.5 Å². The van der Waals surface area contributed by atoms with Gasteiger partial charge in [-0.2, -0.15) is 0 Å². The SMILES string of the molecule is COc1ccc2c(N)nn(-c3ccnc(N4CCN(C(=O)O)C[C@@H]4C)c3)c2c1. The van der Waals surface area contributed by atoms with Crippen molar-refractivity contribution in [2.75, 3.05) is 37.4 Å². The molecule has 9 heteroatoms. The highest BCUT2D eigenvalue weighted by Gasteiger charge is 2.27. The van der Waals surface area contributed by atoms with Gasteiger partial charge in [0.15, 0.2) is 5.82 Å². The lowest BCUT2D eigenvalue weighted by Crippen LogP contribution is -2.53. The number of pyridine rings is 1. The number of amides is 1. The van der Waals surface area contributed by atoms with Crippen LogP contribution in [0.1, 0.15) is 6.92 Å². The van der Waals surface area contributed by atoms with Gasteiger partial charge in [-0.3, -0.25) is 0 Å². The molecule has 3 heterocycles. The van der Waals surface area contributed by atoms with Crippen molar-refractivity contribution in [3.8, 4) is 11.4 Å². The van der Waals surface area contributed by atoms with Crippen molar-refractivity contribution in [2.24, 2.45) is 0 Å². The molecule has 1 aromatic carbocycles. The summed E-state index contributed by atoms with van der Waals surface area (Å²) in [6.07, 6.45) is 0.839. The molecule has 9 nitrogen and oxygen atoms in total. The Balaban J connectivity index is 1.70. The molecule has 2 aromatic heterocycles. The number of aromatic nitrogens is 3. The van der Waals surface area contributed by atoms with Crippen molar-refractivity contribution in [3.63, 3.8) is 0 Å². The normalized spacial score (nSPS) is 17.1. The van der Waals surface area contributed by atoms with Crippen LogP contribution in [-0.2, 0) is 0 Å². The number of nitrogen functional groups attached to an aromatic ring is 1. The Bertz CT molecular complexity index is 1030. The number of anilines is 2. The first kappa shape index (κ1) is 17.9. The molecule has 146 valence electrons. The molecule has 1 aliphatic heterocycles. The van der Waals surface area contributed by atoms with Crippen molar-refractivity contribution in [1.29, 1.82) is 0 Å². The van der Waals surface area contributed by atoms with Crippen molar-refractivity contribution in [1.82, 2.24) is 19.7 Å². The van der Waals surface area contributed by atoms with Crippen molar-refractivity contribution in [3.05, 3.63) is 36.5 Å². The van der Waals surface area contributed by atoms with E-state index in [4.69, 9.17) is 10.5 Å². The Morgan fingerprint density at radius 3 is 2.82 bits per heavy atom. The quantitative estimate of drug-likeness (QED) is 0.714. The van der Waals surface area contributed by atoms with Gasteiger partial charge in [-0.05, 0) is 25.1 Å². The number of benzene rings is 1. The number of carboxylic acid groups (broad SMARTS) is 1. The molecule has 0 radical (unpaired) electrons. The summed E-state index contributed by atoms with van der Waals surface area (Å²) in [5, 5.41) is 14.5. The predicted octanol–water partition coefficient (Wildman–Crippen LogP) is 2.20. The molecule has 0 saturated carbocycles. The van der Waals surface area contributed by atoms with Crippen LogP contribution < -0.4 is 15.4 Å². The smallest absolute Gasteiger partial charge is 0.407 e. The Morgan fingerprint density at radius 2 is 2.11 bits per heavy atom. The highest BCUT2D eigenvalue weighted by atomic mass is 16.5. The topological polar surface area (TPSA) is 110 Å². The number of hydrogen-bond acceptors (Lipinski definition) is 6. The zero-order valence-electron chi connectivity index (χ0n) is 15.7. The van der Waals surface area contributed by atoms with Gasteiger partial charge in [0.05, 0.1) is 18.3 Å². The van der Waals surface area contributed by atoms with Gasteiger partial charge in [0.25, 0.3) is 0 Å². The predicted molar refractivity (Wildman–Crippen MR) is 106 cm³/mol. The number of nitrogens with two attached hydrogens (primary N) is 1. The van der Waals surface area contributed by atoms with Crippen LogP contribution in [0.3, 0.4) is 0 Å². The lowest BCUT2D eigenvalue weighted by molar-refractivity contribution is 0.136. The number of methoxy groups -OCH3 is 1. The summed E-state index contributed by atoms with van der Waals surface area (Å²) in [5.74, 6) is 1.95. The molecule has 1 aliphatic rings. The minimum absolute atomic E-state index is 0.0205. The molecule has 0 spiro atoms. The first-order chi connectivity index (χ1) is 13.5. The van der Waals surface area contributed by atoms with E-state index in [-0.39, 0.29) is 6.04 Å². The lowest BCUT2D eigenvalue weighted by Gasteiger charge is -2.39. The number of carbonyl (C=O) groups is 1. The molecular formula is C19H22N6O3. The van der Waals surface area contributed by atoms with Gasteiger partial charge in [0.1, 0.15) is 11.6 Å². The van der Waals surface area contributed by atoms with Crippen LogP contribution in [0.2, 0.25) is 0 Å². The van der Waals surface area contributed by atoms with E-state index >= 15 is 0 Å². The summed E-state index contributed by atoms with van der Waals surface area (Å²) >= 11 is 0. The van der Waals surface area contributed by atoms with Crippen LogP contribution >= 0.6 is 0 Å². The maximum Gasteiger partial charge on any atom is 0.407 e. The lowest BCUT2D eigenvalue weighted by atomic mass is 10.2. The number of ether oxygens (including phenoxy) is 1. The van der Waals surface area contributed by atoms with Gasteiger partial charge >= 0.3 is 6.09 Å². The highest BCUT2D eigenvalue weighted by Crippen LogP contribution is 2.29. The molecule has 28 heavy (non-hydrogen) atoms. The summed E-state index contributed by atoms with van der Waals surface area (Å²) in [7, 11) is 1.62. The minimum atomic E-state index is -0.888. The van der Waals surface area contributed by atoms with E-state index in [1.807, 2.05) is 37.3 Å². The molecule has 0 aliphatic carbocycles. The third-order valence-corrected chi connectivity index (χ3v) is 5.08. The van der Waals surface area contributed by atoms with E-state index in [9.17, 15) is 9.90 Å². The van der Waals surface area contributed by atoms with Crippen molar-refractivity contribution >= 4 is 28.6 Å². The average Bonchev–Trinajstić information content (AvgIpc) is 3.04. The second-order valence-corrected chi connectivity index (χ2v) is 6.82. The van der Waals surface area contributed by atoms with E-state index in [0.717, 1.165) is 28.2 Å². The van der Waals surface area contributed by atoms with Gasteiger partial charge in [-0.15, -0.1) is 5.10 Å². The number of nitrogens with zero attached hydrogens (tertiary/aromatic N) is 5. The van der Waals surface area contributed by atoms with Crippen LogP contribution in [-0.4, -0.2) is 63.7 Å². The summed E-state index contributed by atoms with van der Waals surface area (Å²) < 4.78 is 7.10. The second kappa shape index (κ2) is 6.91. The van der Waals surface area contributed by atoms with E-state index < -0.39 is 6.09 Å². The van der Waals surface area contributed by atoms with Gasteiger partial charge < -0.3 is 25.4 Å². The Hall–Kier alpha value is -3.49. The first-order valence-electron chi connectivity index (χ1n) is 9.01. The van der Waals surface area contributed by atoms with Gasteiger partial charge in [-0.25, -0.2) is 14.5 Å². The number of hydrogen-bond donors (Lipinski definition) is 2. The Morgan fingerprint density at radius 1 is 1.29 bits per heavy atom. The molecule has 0 bridgehead atoms. The van der Waals surface area contributed by atoms with Crippen molar-refractivity contribution in [2.45, 2.75) is 13.0 Å². The summed E-state index contributed by atoms with van der Waals surface area (Å²) in [6.45, 7) is 3.46. The third kappa shape index (κ3) is 3.04. The third-order valence-electron chi connectivity index (χ3n) is 5.08. The van der Waals surface area contributed by atoms with Crippen molar-refractivity contribution < 1.29 is 14.6 Å². The van der Waals surface area contributed by atoms with E-state index in [1.54, 1.807) is 18.0 Å². The fourth-order valence-corrected chi connectivity index (χ4v) is 3.61. The molecule has 3 N–H and O–H groups in total. The van der Waals surface area contributed by atoms with E-state index in [1.165, 1.54) is 4.90 Å². The summed E-state index contributed by atoms with van der Waals surface area (Å²) in [4.78, 5) is 19.3. The Labute approximate surface area is 161 Å².